The Bertz CT molecular complexity index is 1290. The number of amides is 1. The van der Waals surface area contributed by atoms with Crippen LogP contribution in [0.2, 0.25) is 0 Å². The highest BCUT2D eigenvalue weighted by molar-refractivity contribution is 7.90. The molecular weight excluding hydrogens is 492 g/mol. The van der Waals surface area contributed by atoms with Gasteiger partial charge in [-0.2, -0.15) is 21.5 Å². The molecule has 0 aliphatic carbocycles. The van der Waals surface area contributed by atoms with Crippen LogP contribution in [0.5, 0.6) is 0 Å². The Hall–Kier alpha value is -3.38. The molecule has 9 nitrogen and oxygen atoms in total. The number of benzene rings is 2. The lowest BCUT2D eigenvalue weighted by molar-refractivity contribution is -0.135. The molecule has 0 saturated carbocycles. The van der Waals surface area contributed by atoms with Crippen molar-refractivity contribution in [3.63, 3.8) is 0 Å². The predicted octanol–water partition coefficient (Wildman–Crippen LogP) is 3.87. The summed E-state index contributed by atoms with van der Waals surface area (Å²) >= 11 is 0. The molecule has 1 aliphatic rings. The first-order valence-corrected chi connectivity index (χ1v) is 12.8. The predicted molar refractivity (Wildman–Crippen MR) is 129 cm³/mol. The molecule has 192 valence electrons. The molecular formula is C24H27F2N5O4S. The highest BCUT2D eigenvalue weighted by Gasteiger charge is 2.39. The molecule has 1 amide bonds. The minimum atomic E-state index is -3.95. The van der Waals surface area contributed by atoms with Crippen molar-refractivity contribution < 1.29 is 26.4 Å². The normalized spacial score (nSPS) is 19.0. The number of hydrogen-bond donors (Lipinski definition) is 0. The third-order valence-electron chi connectivity index (χ3n) is 6.05. The minimum absolute atomic E-state index is 0.0361. The summed E-state index contributed by atoms with van der Waals surface area (Å²) in [4.78, 5) is 13.7. The maximum absolute atomic E-state index is 13.9. The molecule has 12 heteroatoms. The molecule has 0 spiro atoms. The Labute approximate surface area is 208 Å². The molecule has 1 fully saturated rings. The quantitative estimate of drug-likeness (QED) is 0.470. The van der Waals surface area contributed by atoms with E-state index in [9.17, 15) is 22.0 Å². The van der Waals surface area contributed by atoms with Crippen LogP contribution in [0.25, 0.3) is 11.5 Å². The average Bonchev–Trinajstić information content (AvgIpc) is 3.33. The SMILES string of the molecule is CC(=O)N1[C@H](C)CN(S(=O)(=O)N(Cc2ccc(-c3nnc(C(F)F)o3)cc2)c2ccccc2)C[C@@H]1C. The molecule has 0 N–H and O–H groups in total. The van der Waals surface area contributed by atoms with Crippen LogP contribution in [0.4, 0.5) is 14.5 Å². The second kappa shape index (κ2) is 10.3. The van der Waals surface area contributed by atoms with Crippen molar-refractivity contribution in [1.29, 1.82) is 0 Å². The van der Waals surface area contributed by atoms with Gasteiger partial charge < -0.3 is 9.32 Å². The Morgan fingerprint density at radius 2 is 1.67 bits per heavy atom. The second-order valence-electron chi connectivity index (χ2n) is 8.73. The van der Waals surface area contributed by atoms with Gasteiger partial charge in [-0.25, -0.2) is 0 Å². The summed E-state index contributed by atoms with van der Waals surface area (Å²) in [5, 5.41) is 6.97. The van der Waals surface area contributed by atoms with Crippen LogP contribution >= 0.6 is 0 Å². The molecule has 0 bridgehead atoms. The lowest BCUT2D eigenvalue weighted by Gasteiger charge is -2.44. The monoisotopic (exact) mass is 519 g/mol. The van der Waals surface area contributed by atoms with Crippen molar-refractivity contribution in [2.75, 3.05) is 17.4 Å². The number of nitrogens with zero attached hydrogens (tertiary/aromatic N) is 5. The van der Waals surface area contributed by atoms with Gasteiger partial charge in [0.1, 0.15) is 0 Å². The zero-order valence-corrected chi connectivity index (χ0v) is 20.9. The van der Waals surface area contributed by atoms with Gasteiger partial charge in [0.2, 0.25) is 11.8 Å². The summed E-state index contributed by atoms with van der Waals surface area (Å²) in [6, 6.07) is 14.8. The average molecular weight is 520 g/mol. The molecule has 1 aliphatic heterocycles. The topological polar surface area (TPSA) is 99.9 Å². The maximum atomic E-state index is 13.9. The van der Waals surface area contributed by atoms with Crippen LogP contribution in [0.15, 0.2) is 59.0 Å². The van der Waals surface area contributed by atoms with Gasteiger partial charge in [0, 0.05) is 37.7 Å². The fourth-order valence-electron chi connectivity index (χ4n) is 4.48. The van der Waals surface area contributed by atoms with Crippen LogP contribution < -0.4 is 4.31 Å². The Morgan fingerprint density at radius 3 is 2.19 bits per heavy atom. The van der Waals surface area contributed by atoms with Crippen LogP contribution in [0, 0.1) is 0 Å². The highest BCUT2D eigenvalue weighted by Crippen LogP contribution is 2.28. The van der Waals surface area contributed by atoms with Crippen LogP contribution in [0.3, 0.4) is 0 Å². The van der Waals surface area contributed by atoms with Crippen LogP contribution in [-0.2, 0) is 21.5 Å². The molecule has 1 aromatic heterocycles. The van der Waals surface area contributed by atoms with Gasteiger partial charge >= 0.3 is 16.6 Å². The van der Waals surface area contributed by atoms with Crippen molar-refractivity contribution in [1.82, 2.24) is 19.4 Å². The number of piperazine rings is 1. The Balaban J connectivity index is 1.61. The summed E-state index contributed by atoms with van der Waals surface area (Å²) in [5.74, 6) is -0.895. The highest BCUT2D eigenvalue weighted by atomic mass is 32.2. The molecule has 1 saturated heterocycles. The van der Waals surface area contributed by atoms with Gasteiger partial charge in [0.15, 0.2) is 0 Å². The zero-order chi connectivity index (χ0) is 26.0. The molecule has 36 heavy (non-hydrogen) atoms. The van der Waals surface area contributed by atoms with E-state index in [0.29, 0.717) is 16.8 Å². The Kier molecular flexibility index (Phi) is 7.36. The number of hydrogen-bond acceptors (Lipinski definition) is 6. The number of rotatable bonds is 7. The number of halogens is 2. The van der Waals surface area contributed by atoms with Gasteiger partial charge in [0.05, 0.1) is 12.2 Å². The van der Waals surface area contributed by atoms with E-state index in [1.54, 1.807) is 59.5 Å². The number of anilines is 1. The molecule has 0 radical (unpaired) electrons. The smallest absolute Gasteiger partial charge is 0.314 e. The number of carbonyl (C=O) groups is 1. The van der Waals surface area contributed by atoms with E-state index in [-0.39, 0.29) is 43.5 Å². The van der Waals surface area contributed by atoms with Crippen molar-refractivity contribution >= 4 is 21.8 Å². The maximum Gasteiger partial charge on any atom is 0.314 e. The van der Waals surface area contributed by atoms with Gasteiger partial charge in [-0.3, -0.25) is 9.10 Å². The molecule has 2 atom stereocenters. The molecule has 4 rings (SSSR count). The standard InChI is InChI=1S/C24H27F2N5O4S/c1-16-13-29(14-17(2)31(16)18(3)32)36(33,34)30(21-7-5-4-6-8-21)15-19-9-11-20(12-10-19)23-27-28-24(35-23)22(25)26/h4-12,16-17,22H,13-15H2,1-3H3/t16-,17+. The summed E-state index contributed by atoms with van der Waals surface area (Å²) < 4.78 is 61.0. The van der Waals surface area contributed by atoms with E-state index in [2.05, 4.69) is 10.2 Å². The van der Waals surface area contributed by atoms with Gasteiger partial charge in [0.25, 0.3) is 5.89 Å². The summed E-state index contributed by atoms with van der Waals surface area (Å²) in [7, 11) is -3.95. The van der Waals surface area contributed by atoms with Gasteiger partial charge in [-0.15, -0.1) is 10.2 Å². The first-order valence-electron chi connectivity index (χ1n) is 11.4. The van der Waals surface area contributed by atoms with Gasteiger partial charge in [-0.1, -0.05) is 30.3 Å². The second-order valence-corrected chi connectivity index (χ2v) is 10.6. The zero-order valence-electron chi connectivity index (χ0n) is 20.1. The summed E-state index contributed by atoms with van der Waals surface area (Å²) in [6.07, 6.45) is -2.86. The van der Waals surface area contributed by atoms with E-state index in [0.717, 1.165) is 0 Å². The lowest BCUT2D eigenvalue weighted by atomic mass is 10.1. The Morgan fingerprint density at radius 1 is 1.06 bits per heavy atom. The van der Waals surface area contributed by atoms with E-state index >= 15 is 0 Å². The van der Waals surface area contributed by atoms with E-state index in [1.165, 1.54) is 15.5 Å². The number of alkyl halides is 2. The van der Waals surface area contributed by atoms with E-state index in [1.807, 2.05) is 13.8 Å². The van der Waals surface area contributed by atoms with Crippen molar-refractivity contribution in [3.05, 3.63) is 66.1 Å². The fraction of sp³-hybridized carbons (Fsp3) is 0.375. The summed E-state index contributed by atoms with van der Waals surface area (Å²) in [6.45, 7) is 5.55. The number of carbonyl (C=O) groups excluding carboxylic acids is 1. The van der Waals surface area contributed by atoms with Crippen molar-refractivity contribution in [3.8, 4) is 11.5 Å². The molecule has 2 aromatic carbocycles. The van der Waals surface area contributed by atoms with Crippen LogP contribution in [0.1, 0.15) is 38.7 Å². The first kappa shape index (κ1) is 25.7. The van der Waals surface area contributed by atoms with Gasteiger partial charge in [-0.05, 0) is 43.7 Å². The fourth-order valence-corrected chi connectivity index (χ4v) is 6.27. The molecule has 0 unspecified atom stereocenters. The largest absolute Gasteiger partial charge is 0.415 e. The summed E-state index contributed by atoms with van der Waals surface area (Å²) in [5.41, 5.74) is 1.60. The number of para-hydroxylation sites is 1. The third kappa shape index (κ3) is 5.24. The van der Waals surface area contributed by atoms with Crippen LogP contribution in [-0.4, -0.2) is 58.9 Å². The van der Waals surface area contributed by atoms with Crippen molar-refractivity contribution in [2.45, 2.75) is 45.8 Å². The third-order valence-corrected chi connectivity index (χ3v) is 7.90. The van der Waals surface area contributed by atoms with Crippen molar-refractivity contribution in [2.24, 2.45) is 0 Å². The first-order chi connectivity index (χ1) is 17.1. The number of aromatic nitrogens is 2. The lowest BCUT2D eigenvalue weighted by Crippen LogP contribution is -2.61. The van der Waals surface area contributed by atoms with E-state index < -0.39 is 22.5 Å². The van der Waals surface area contributed by atoms with E-state index in [4.69, 9.17) is 4.42 Å². The minimum Gasteiger partial charge on any atom is -0.415 e. The molecule has 3 aromatic rings. The molecule has 2 heterocycles.